The van der Waals surface area contributed by atoms with Crippen molar-refractivity contribution in [2.45, 2.75) is 84.0 Å². The van der Waals surface area contributed by atoms with Crippen LogP contribution in [0.15, 0.2) is 91.0 Å². The summed E-state index contributed by atoms with van der Waals surface area (Å²) in [6.07, 6.45) is 18.1. The summed E-state index contributed by atoms with van der Waals surface area (Å²) < 4.78 is 0. The Morgan fingerprint density at radius 1 is 0.412 bits per heavy atom. The largest absolute Gasteiger partial charge is 1.00 e. The van der Waals surface area contributed by atoms with E-state index in [9.17, 15) is 0 Å². The normalized spacial score (nSPS) is 11.2. The molecule has 184 valence electrons. The topological polar surface area (TPSA) is 0 Å². The zero-order valence-corrected chi connectivity index (χ0v) is 24.2. The number of unbranched alkanes of at least 4 members (excludes halogenated alkanes) is 11. The second kappa shape index (κ2) is 17.3. The van der Waals surface area contributed by atoms with Gasteiger partial charge in [0.15, 0.2) is 0 Å². The minimum Gasteiger partial charge on any atom is -1.00 e. The molecule has 34 heavy (non-hydrogen) atoms. The van der Waals surface area contributed by atoms with Crippen LogP contribution in [0.2, 0.25) is 0 Å². The van der Waals surface area contributed by atoms with E-state index in [1.54, 1.807) is 0 Å². The molecule has 2 heteroatoms. The highest BCUT2D eigenvalue weighted by Gasteiger charge is 2.44. The smallest absolute Gasteiger partial charge is 0.112 e. The number of rotatable bonds is 16. The SMILES string of the molecule is CCCCCCCCCCCCCC[P+](c1ccccc1)(c1ccccc1)c1ccccc1.[I-]. The lowest BCUT2D eigenvalue weighted by Crippen LogP contribution is -3.00. The molecule has 0 heterocycles. The summed E-state index contributed by atoms with van der Waals surface area (Å²) in [5.41, 5.74) is 0. The average molecular weight is 587 g/mol. The van der Waals surface area contributed by atoms with Crippen molar-refractivity contribution in [3.8, 4) is 0 Å². The fourth-order valence-corrected chi connectivity index (χ4v) is 9.48. The van der Waals surface area contributed by atoms with Crippen LogP contribution in [-0.4, -0.2) is 6.16 Å². The Morgan fingerprint density at radius 2 is 0.706 bits per heavy atom. The van der Waals surface area contributed by atoms with Crippen molar-refractivity contribution in [1.29, 1.82) is 0 Å². The zero-order chi connectivity index (χ0) is 23.0. The Hall–Kier alpha value is -1.18. The van der Waals surface area contributed by atoms with Gasteiger partial charge in [-0.05, 0) is 49.2 Å². The molecule has 0 radical (unpaired) electrons. The summed E-state index contributed by atoms with van der Waals surface area (Å²) in [4.78, 5) is 0. The van der Waals surface area contributed by atoms with Crippen molar-refractivity contribution in [1.82, 2.24) is 0 Å². The number of hydrogen-bond donors (Lipinski definition) is 0. The lowest BCUT2D eigenvalue weighted by atomic mass is 10.1. The molecule has 0 saturated heterocycles. The van der Waals surface area contributed by atoms with E-state index in [0.29, 0.717) is 0 Å². The van der Waals surface area contributed by atoms with Crippen LogP contribution in [0.25, 0.3) is 0 Å². The third-order valence-electron chi connectivity index (χ3n) is 6.94. The molecular weight excluding hydrogens is 542 g/mol. The van der Waals surface area contributed by atoms with Gasteiger partial charge in [0.1, 0.15) is 23.2 Å². The molecule has 0 amide bonds. The second-order valence-electron chi connectivity index (χ2n) is 9.43. The molecule has 3 aromatic rings. The summed E-state index contributed by atoms with van der Waals surface area (Å²) in [6.45, 7) is 2.30. The van der Waals surface area contributed by atoms with Crippen molar-refractivity contribution >= 4 is 23.2 Å². The van der Waals surface area contributed by atoms with Crippen LogP contribution in [-0.2, 0) is 0 Å². The highest BCUT2D eigenvalue weighted by molar-refractivity contribution is 7.95. The van der Waals surface area contributed by atoms with E-state index in [1.807, 2.05) is 0 Å². The Kier molecular flexibility index (Phi) is 14.8. The van der Waals surface area contributed by atoms with Crippen molar-refractivity contribution < 1.29 is 24.0 Å². The van der Waals surface area contributed by atoms with Gasteiger partial charge in [0.2, 0.25) is 0 Å². The van der Waals surface area contributed by atoms with Crippen LogP contribution in [0, 0.1) is 0 Å². The van der Waals surface area contributed by atoms with Crippen molar-refractivity contribution in [3.05, 3.63) is 91.0 Å². The molecule has 0 fully saturated rings. The summed E-state index contributed by atoms with van der Waals surface area (Å²) in [6, 6.07) is 34.0. The van der Waals surface area contributed by atoms with Crippen LogP contribution in [0.3, 0.4) is 0 Å². The first-order valence-corrected chi connectivity index (χ1v) is 15.4. The van der Waals surface area contributed by atoms with Gasteiger partial charge in [0.25, 0.3) is 0 Å². The van der Waals surface area contributed by atoms with Gasteiger partial charge < -0.3 is 24.0 Å². The third-order valence-corrected chi connectivity index (χ3v) is 11.5. The van der Waals surface area contributed by atoms with Crippen LogP contribution < -0.4 is 39.9 Å². The quantitative estimate of drug-likeness (QED) is 0.115. The van der Waals surface area contributed by atoms with Gasteiger partial charge in [0, 0.05) is 0 Å². The standard InChI is InChI=1S/C32H44P.HI/c1-2-3-4-5-6-7-8-9-10-11-12-22-29-33(30-23-16-13-17-24-30,31-25-18-14-19-26-31)32-27-20-15-21-28-32;/h13-21,23-28H,2-12,22,29H2,1H3;1H/q+1;/p-1. The molecule has 0 unspecified atom stereocenters. The van der Waals surface area contributed by atoms with Crippen molar-refractivity contribution in [3.63, 3.8) is 0 Å². The molecule has 0 N–H and O–H groups in total. The Balaban J connectivity index is 0.00000408. The summed E-state index contributed by atoms with van der Waals surface area (Å²) in [5.74, 6) is 0. The Morgan fingerprint density at radius 3 is 1.03 bits per heavy atom. The first-order valence-electron chi connectivity index (χ1n) is 13.4. The van der Waals surface area contributed by atoms with Crippen molar-refractivity contribution in [2.75, 3.05) is 6.16 Å². The Labute approximate surface area is 227 Å². The van der Waals surface area contributed by atoms with E-state index in [0.717, 1.165) is 0 Å². The van der Waals surface area contributed by atoms with Gasteiger partial charge in [-0.1, -0.05) is 126 Å². The predicted octanol–water partition coefficient (Wildman–Crippen LogP) is 5.69. The van der Waals surface area contributed by atoms with Gasteiger partial charge >= 0.3 is 0 Å². The minimum absolute atomic E-state index is 0. The first kappa shape index (κ1) is 29.1. The number of halogens is 1. The molecule has 0 nitrogen and oxygen atoms in total. The molecule has 0 bridgehead atoms. The lowest BCUT2D eigenvalue weighted by Gasteiger charge is -2.27. The van der Waals surface area contributed by atoms with Gasteiger partial charge in [-0.2, -0.15) is 0 Å². The number of benzene rings is 3. The maximum atomic E-state index is 2.37. The summed E-state index contributed by atoms with van der Waals surface area (Å²) >= 11 is 0. The third kappa shape index (κ3) is 8.80. The van der Waals surface area contributed by atoms with E-state index in [4.69, 9.17) is 0 Å². The molecule has 3 rings (SSSR count). The molecule has 0 aliphatic carbocycles. The lowest BCUT2D eigenvalue weighted by molar-refractivity contribution is -0.00000674. The number of hydrogen-bond acceptors (Lipinski definition) is 0. The van der Waals surface area contributed by atoms with E-state index in [2.05, 4.69) is 97.9 Å². The van der Waals surface area contributed by atoms with Crippen LogP contribution in [0.1, 0.15) is 84.0 Å². The highest BCUT2D eigenvalue weighted by atomic mass is 127. The molecule has 0 saturated carbocycles. The van der Waals surface area contributed by atoms with Crippen molar-refractivity contribution in [2.24, 2.45) is 0 Å². The van der Waals surface area contributed by atoms with Gasteiger partial charge in [-0.15, -0.1) is 0 Å². The Bertz CT molecular complexity index is 767. The first-order chi connectivity index (χ1) is 16.4. The van der Waals surface area contributed by atoms with Crippen LogP contribution in [0.4, 0.5) is 0 Å². The fourth-order valence-electron chi connectivity index (χ4n) is 5.07. The predicted molar refractivity (Wildman–Crippen MR) is 151 cm³/mol. The average Bonchev–Trinajstić information content (AvgIpc) is 2.89. The maximum absolute atomic E-state index is 2.37. The summed E-state index contributed by atoms with van der Waals surface area (Å²) in [5, 5.41) is 4.56. The molecule has 0 aromatic heterocycles. The molecule has 3 aromatic carbocycles. The molecule has 0 aliphatic heterocycles. The van der Waals surface area contributed by atoms with Crippen LogP contribution >= 0.6 is 7.26 Å². The van der Waals surface area contributed by atoms with Crippen LogP contribution in [0.5, 0.6) is 0 Å². The zero-order valence-electron chi connectivity index (χ0n) is 21.2. The minimum atomic E-state index is -1.63. The van der Waals surface area contributed by atoms with Gasteiger partial charge in [0.05, 0.1) is 6.16 Å². The highest BCUT2D eigenvalue weighted by Crippen LogP contribution is 2.55. The molecular formula is C32H44IP. The molecule has 0 atom stereocenters. The van der Waals surface area contributed by atoms with E-state index >= 15 is 0 Å². The van der Waals surface area contributed by atoms with E-state index < -0.39 is 7.26 Å². The molecule has 0 aliphatic rings. The van der Waals surface area contributed by atoms with Gasteiger partial charge in [-0.3, -0.25) is 0 Å². The summed E-state index contributed by atoms with van der Waals surface area (Å²) in [7, 11) is -1.63. The van der Waals surface area contributed by atoms with Gasteiger partial charge in [-0.25, -0.2) is 0 Å². The monoisotopic (exact) mass is 586 g/mol. The second-order valence-corrected chi connectivity index (χ2v) is 13.0. The molecule has 0 spiro atoms. The fraction of sp³-hybridized carbons (Fsp3) is 0.438. The maximum Gasteiger partial charge on any atom is 0.112 e. The van der Waals surface area contributed by atoms with E-state index in [1.165, 1.54) is 99.1 Å². The van der Waals surface area contributed by atoms with E-state index in [-0.39, 0.29) is 24.0 Å².